The van der Waals surface area contributed by atoms with Gasteiger partial charge >= 0.3 is 63.1 Å². The van der Waals surface area contributed by atoms with E-state index in [0.717, 1.165) is 41.0 Å². The van der Waals surface area contributed by atoms with Gasteiger partial charge < -0.3 is 14.9 Å². The standard InChI is InChI=1S/C21H27N2.C15H15NO.C7H6O.Ru/c1-14-9-16(3)20(17(4)10-14)22-7-8-23(13-22)21-18(5)11-15(2)12-19(21)6;1-11-6-5-7-12(2)15(11)16-10-13-8-3-4-9-14(13)17;1-6-4-2-3-5-7(6)8;/h9-13H,7-8H2,1-6H3;3-10,17H,1-2H3;1-5,8H;/q-1;;;+1. The van der Waals surface area contributed by atoms with Crippen molar-refractivity contribution in [2.75, 3.05) is 22.9 Å². The van der Waals surface area contributed by atoms with Crippen LogP contribution in [0.5, 0.6) is 11.5 Å². The van der Waals surface area contributed by atoms with E-state index in [0.29, 0.717) is 5.75 Å². The van der Waals surface area contributed by atoms with Gasteiger partial charge in [-0.3, -0.25) is 4.99 Å². The summed E-state index contributed by atoms with van der Waals surface area (Å²) in [7, 11) is 0. The maximum atomic E-state index is 9.64. The Balaban J connectivity index is 0.000000182. The number of phenols is 2. The number of phenolic OH excluding ortho intramolecular Hbond substituents is 2. The van der Waals surface area contributed by atoms with Gasteiger partial charge in [-0.1, -0.05) is 65.7 Å². The van der Waals surface area contributed by atoms with Crippen LogP contribution in [0, 0.1) is 62.1 Å². The van der Waals surface area contributed by atoms with Crippen LogP contribution in [-0.4, -0.2) is 34.1 Å². The Morgan fingerprint density at radius 3 is 1.37 bits per heavy atom. The number of aromatic hydroxyl groups is 2. The molecule has 5 nitrogen and oxygen atoms in total. The van der Waals surface area contributed by atoms with E-state index in [9.17, 15) is 5.11 Å². The van der Waals surface area contributed by atoms with E-state index in [-0.39, 0.29) is 5.75 Å². The molecule has 0 bridgehead atoms. The van der Waals surface area contributed by atoms with Crippen LogP contribution in [0.2, 0.25) is 0 Å². The van der Waals surface area contributed by atoms with Gasteiger partial charge in [0.15, 0.2) is 0 Å². The third-order valence-corrected chi connectivity index (χ3v) is 9.00. The Labute approximate surface area is 302 Å². The number of anilines is 2. The fourth-order valence-electron chi connectivity index (χ4n) is 6.40. The molecule has 5 aromatic carbocycles. The molecule has 2 N–H and O–H groups in total. The van der Waals surface area contributed by atoms with E-state index < -0.39 is 0 Å². The molecule has 0 aliphatic carbocycles. The van der Waals surface area contributed by atoms with Crippen molar-refractivity contribution in [1.82, 2.24) is 0 Å². The maximum absolute atomic E-state index is 9.64. The van der Waals surface area contributed by atoms with Gasteiger partial charge in [0.2, 0.25) is 0 Å². The van der Waals surface area contributed by atoms with Gasteiger partial charge in [-0.25, -0.2) is 0 Å². The van der Waals surface area contributed by atoms with Crippen molar-refractivity contribution in [1.29, 1.82) is 0 Å². The predicted molar refractivity (Wildman–Crippen MR) is 205 cm³/mol. The van der Waals surface area contributed by atoms with Gasteiger partial charge in [0.25, 0.3) is 0 Å². The third kappa shape index (κ3) is 9.77. The quantitative estimate of drug-likeness (QED) is 0.107. The summed E-state index contributed by atoms with van der Waals surface area (Å²) in [6.45, 7) is 21.6. The molecule has 0 radical (unpaired) electrons. The molecule has 1 aliphatic rings. The zero-order valence-corrected chi connectivity index (χ0v) is 31.6. The number of hydrogen-bond acceptors (Lipinski definition) is 5. The SMILES string of the molecule is Cc1cc(C)c(N2[CH-]N(c3c(C)cc(C)cc3C)CC2)c(C)c1.Cc1cccc(C)c1N=Cc1ccccc1O.Oc1ccccc1[CH]=[Ru+]. The molecule has 0 spiro atoms. The van der Waals surface area contributed by atoms with Crippen molar-refractivity contribution >= 4 is 27.9 Å². The van der Waals surface area contributed by atoms with Gasteiger partial charge in [-0.2, -0.15) is 6.67 Å². The number of benzene rings is 5. The Morgan fingerprint density at radius 1 is 0.571 bits per heavy atom. The fraction of sp³-hybridized carbons (Fsp3) is 0.233. The molecule has 0 aromatic heterocycles. The van der Waals surface area contributed by atoms with E-state index in [1.165, 1.54) is 44.8 Å². The molecule has 1 aliphatic heterocycles. The summed E-state index contributed by atoms with van der Waals surface area (Å²) in [5.74, 6) is 0.582. The van der Waals surface area contributed by atoms with Crippen LogP contribution in [-0.2, 0) is 17.9 Å². The molecule has 6 rings (SSSR count). The van der Waals surface area contributed by atoms with Crippen molar-refractivity contribution in [2.24, 2.45) is 4.99 Å². The first-order chi connectivity index (χ1) is 23.4. The van der Waals surface area contributed by atoms with Gasteiger partial charge in [-0.05, 0) is 101 Å². The average Bonchev–Trinajstić information content (AvgIpc) is 3.50. The van der Waals surface area contributed by atoms with E-state index in [1.807, 2.05) is 56.3 Å². The molecule has 6 heteroatoms. The molecular formula is C43H48N3O2Ru. The zero-order chi connectivity index (χ0) is 35.7. The molecule has 0 saturated carbocycles. The van der Waals surface area contributed by atoms with Crippen LogP contribution in [0.15, 0.2) is 96.0 Å². The summed E-state index contributed by atoms with van der Waals surface area (Å²) < 4.78 is 1.80. The Hall–Kier alpha value is -4.54. The van der Waals surface area contributed by atoms with Crippen molar-refractivity contribution in [3.63, 3.8) is 0 Å². The van der Waals surface area contributed by atoms with Crippen LogP contribution >= 0.6 is 0 Å². The van der Waals surface area contributed by atoms with Crippen molar-refractivity contribution < 1.29 is 28.1 Å². The van der Waals surface area contributed by atoms with Crippen molar-refractivity contribution in [3.05, 3.63) is 153 Å². The van der Waals surface area contributed by atoms with Crippen LogP contribution < -0.4 is 9.80 Å². The number of aliphatic imine (C=N–C) groups is 1. The van der Waals surface area contributed by atoms with E-state index >= 15 is 0 Å². The predicted octanol–water partition coefficient (Wildman–Crippen LogP) is 9.83. The number of nitrogens with zero attached hydrogens (tertiary/aromatic N) is 3. The molecule has 1 saturated heterocycles. The van der Waals surface area contributed by atoms with Gasteiger partial charge in [0.1, 0.15) is 5.75 Å². The van der Waals surface area contributed by atoms with Crippen LogP contribution in [0.25, 0.3) is 0 Å². The number of para-hydroxylation sites is 3. The summed E-state index contributed by atoms with van der Waals surface area (Å²) in [6, 6.07) is 29.6. The van der Waals surface area contributed by atoms with Crippen molar-refractivity contribution in [2.45, 2.75) is 55.4 Å². The second-order valence-corrected chi connectivity index (χ2v) is 13.2. The summed E-state index contributed by atoms with van der Waals surface area (Å²) >= 11 is 2.36. The number of rotatable bonds is 5. The molecule has 49 heavy (non-hydrogen) atoms. The first-order valence-electron chi connectivity index (χ1n) is 16.5. The number of aryl methyl sites for hydroxylation is 8. The molecule has 1 heterocycles. The second kappa shape index (κ2) is 17.2. The second-order valence-electron chi connectivity index (χ2n) is 12.7. The zero-order valence-electron chi connectivity index (χ0n) is 29.9. The Bertz CT molecular complexity index is 1820. The Kier molecular flexibility index (Phi) is 13.1. The van der Waals surface area contributed by atoms with E-state index in [1.54, 1.807) is 35.1 Å². The van der Waals surface area contributed by atoms with E-state index in [2.05, 4.69) is 105 Å². The minimum absolute atomic E-state index is 0.252. The summed E-state index contributed by atoms with van der Waals surface area (Å²) in [5.41, 5.74) is 15.7. The summed E-state index contributed by atoms with van der Waals surface area (Å²) in [6.07, 6.45) is 1.70. The van der Waals surface area contributed by atoms with Crippen LogP contribution in [0.4, 0.5) is 17.1 Å². The van der Waals surface area contributed by atoms with Crippen molar-refractivity contribution in [3.8, 4) is 11.5 Å². The Morgan fingerprint density at radius 2 is 0.980 bits per heavy atom. The fourth-order valence-corrected chi connectivity index (χ4v) is 6.83. The third-order valence-electron chi connectivity index (χ3n) is 8.46. The molecule has 0 unspecified atom stereocenters. The monoisotopic (exact) mass is 740 g/mol. The van der Waals surface area contributed by atoms with Gasteiger partial charge in [0.05, 0.1) is 5.69 Å². The van der Waals surface area contributed by atoms with Gasteiger partial charge in [-0.15, -0.1) is 0 Å². The molecule has 0 amide bonds. The molecule has 0 atom stereocenters. The number of hydrogen-bond donors (Lipinski definition) is 2. The molecule has 1 fully saturated rings. The molecule has 5 aromatic rings. The average molecular weight is 740 g/mol. The topological polar surface area (TPSA) is 59.3 Å². The summed E-state index contributed by atoms with van der Waals surface area (Å²) in [4.78, 5) is 9.26. The minimum atomic E-state index is 0.252. The molecular weight excluding hydrogens is 692 g/mol. The molecule has 255 valence electrons. The summed E-state index contributed by atoms with van der Waals surface area (Å²) in [5, 5.41) is 18.7. The first kappa shape index (κ1) is 37.3. The normalized spacial score (nSPS) is 12.3. The van der Waals surface area contributed by atoms with Crippen LogP contribution in [0.3, 0.4) is 0 Å². The van der Waals surface area contributed by atoms with Crippen LogP contribution in [0.1, 0.15) is 55.6 Å². The van der Waals surface area contributed by atoms with Gasteiger partial charge in [0, 0.05) is 36.2 Å². The van der Waals surface area contributed by atoms with E-state index in [4.69, 9.17) is 5.11 Å². The first-order valence-corrected chi connectivity index (χ1v) is 17.5.